The Morgan fingerprint density at radius 2 is 2.00 bits per heavy atom. The highest BCUT2D eigenvalue weighted by Gasteiger charge is 2.20. The smallest absolute Gasteiger partial charge is 0.317 e. The number of carbonyl (C=O) groups excluding carboxylic acids is 1. The van der Waals surface area contributed by atoms with E-state index >= 15 is 0 Å². The van der Waals surface area contributed by atoms with Crippen molar-refractivity contribution >= 4 is 27.7 Å². The van der Waals surface area contributed by atoms with Gasteiger partial charge < -0.3 is 10.2 Å². The van der Waals surface area contributed by atoms with Crippen molar-refractivity contribution in [2.24, 2.45) is 0 Å². The van der Waals surface area contributed by atoms with E-state index in [1.165, 1.54) is 24.3 Å². The molecule has 0 aromatic heterocycles. The molecule has 1 aliphatic heterocycles. The van der Waals surface area contributed by atoms with E-state index in [4.69, 9.17) is 11.6 Å². The molecule has 2 N–H and O–H groups in total. The summed E-state index contributed by atoms with van der Waals surface area (Å²) in [5, 5.41) is 3.13. The van der Waals surface area contributed by atoms with E-state index in [0.29, 0.717) is 24.7 Å². The number of amides is 2. The van der Waals surface area contributed by atoms with Gasteiger partial charge in [-0.3, -0.25) is 0 Å². The number of nitrogens with zero attached hydrogens (tertiary/aromatic N) is 1. The molecule has 0 bridgehead atoms. The zero-order chi connectivity index (χ0) is 13.9. The number of carbonyl (C=O) groups is 1. The molecule has 0 saturated carbocycles. The first-order chi connectivity index (χ1) is 8.99. The fourth-order valence-corrected chi connectivity index (χ4v) is 2.88. The van der Waals surface area contributed by atoms with Gasteiger partial charge in [-0.1, -0.05) is 11.6 Å². The third kappa shape index (κ3) is 3.59. The lowest BCUT2D eigenvalue weighted by atomic mass is 10.4. The molecule has 0 radical (unpaired) electrons. The molecule has 8 heteroatoms. The molecular formula is C11H14ClN3O3S. The number of urea groups is 1. The lowest BCUT2D eigenvalue weighted by molar-refractivity contribution is 0.218. The number of hydrogen-bond donors (Lipinski definition) is 2. The summed E-state index contributed by atoms with van der Waals surface area (Å²) >= 11 is 5.70. The number of nitrogens with one attached hydrogen (secondary N) is 2. The van der Waals surface area contributed by atoms with E-state index in [2.05, 4.69) is 10.0 Å². The van der Waals surface area contributed by atoms with Gasteiger partial charge >= 0.3 is 6.03 Å². The van der Waals surface area contributed by atoms with Crippen molar-refractivity contribution in [3.8, 4) is 0 Å². The van der Waals surface area contributed by atoms with Gasteiger partial charge in [-0.15, -0.1) is 0 Å². The molecule has 2 rings (SSSR count). The van der Waals surface area contributed by atoms with Crippen molar-refractivity contribution in [3.63, 3.8) is 0 Å². The summed E-state index contributed by atoms with van der Waals surface area (Å²) in [5.74, 6) is 0. The van der Waals surface area contributed by atoms with Gasteiger partial charge in [0, 0.05) is 31.2 Å². The van der Waals surface area contributed by atoms with Crippen molar-refractivity contribution in [3.05, 3.63) is 29.3 Å². The summed E-state index contributed by atoms with van der Waals surface area (Å²) in [6.45, 7) is 1.72. The molecule has 1 aromatic carbocycles. The lowest BCUT2D eigenvalue weighted by Crippen LogP contribution is -2.36. The topological polar surface area (TPSA) is 78.5 Å². The Hall–Kier alpha value is -1.31. The maximum Gasteiger partial charge on any atom is 0.317 e. The summed E-state index contributed by atoms with van der Waals surface area (Å²) in [5.41, 5.74) is 0. The fraction of sp³-hybridized carbons (Fsp3) is 0.364. The van der Waals surface area contributed by atoms with E-state index < -0.39 is 10.0 Å². The van der Waals surface area contributed by atoms with Crippen molar-refractivity contribution in [1.82, 2.24) is 14.9 Å². The van der Waals surface area contributed by atoms with Crippen molar-refractivity contribution in [2.75, 3.05) is 26.2 Å². The molecule has 6 nitrogen and oxygen atoms in total. The maximum absolute atomic E-state index is 11.9. The van der Waals surface area contributed by atoms with E-state index in [-0.39, 0.29) is 17.5 Å². The van der Waals surface area contributed by atoms with Crippen molar-refractivity contribution < 1.29 is 13.2 Å². The zero-order valence-electron chi connectivity index (χ0n) is 10.1. The van der Waals surface area contributed by atoms with Crippen LogP contribution in [-0.4, -0.2) is 45.5 Å². The Labute approximate surface area is 116 Å². The van der Waals surface area contributed by atoms with Crippen LogP contribution in [0.3, 0.4) is 0 Å². The van der Waals surface area contributed by atoms with Gasteiger partial charge in [0.1, 0.15) is 0 Å². The number of benzene rings is 1. The highest BCUT2D eigenvalue weighted by molar-refractivity contribution is 7.89. The highest BCUT2D eigenvalue weighted by atomic mass is 35.5. The van der Waals surface area contributed by atoms with Crippen LogP contribution in [0.2, 0.25) is 5.02 Å². The van der Waals surface area contributed by atoms with Crippen LogP contribution in [0.1, 0.15) is 0 Å². The van der Waals surface area contributed by atoms with E-state index in [9.17, 15) is 13.2 Å². The quantitative estimate of drug-likeness (QED) is 0.838. The van der Waals surface area contributed by atoms with Gasteiger partial charge in [0.2, 0.25) is 10.0 Å². The van der Waals surface area contributed by atoms with Gasteiger partial charge in [-0.25, -0.2) is 17.9 Å². The molecule has 0 unspecified atom stereocenters. The van der Waals surface area contributed by atoms with Gasteiger partial charge in [0.05, 0.1) is 4.90 Å². The van der Waals surface area contributed by atoms with Gasteiger partial charge in [0.15, 0.2) is 0 Å². The second kappa shape index (κ2) is 5.77. The zero-order valence-corrected chi connectivity index (χ0v) is 11.7. The summed E-state index contributed by atoms with van der Waals surface area (Å²) in [6.07, 6.45) is 0. The molecule has 1 fully saturated rings. The average molecular weight is 304 g/mol. The SMILES string of the molecule is O=C1NCCN1CCNS(=O)(=O)c1ccc(Cl)cc1. The van der Waals surface area contributed by atoms with Crippen LogP contribution in [-0.2, 0) is 10.0 Å². The Balaban J connectivity index is 1.91. The maximum atomic E-state index is 11.9. The Morgan fingerprint density at radius 3 is 2.58 bits per heavy atom. The largest absolute Gasteiger partial charge is 0.336 e. The molecule has 1 heterocycles. The molecule has 0 aliphatic carbocycles. The first-order valence-corrected chi connectivity index (χ1v) is 7.63. The minimum atomic E-state index is -3.55. The second-order valence-corrected chi connectivity index (χ2v) is 6.27. The van der Waals surface area contributed by atoms with Crippen molar-refractivity contribution in [2.45, 2.75) is 4.90 Å². The van der Waals surface area contributed by atoms with Crippen LogP contribution in [0.25, 0.3) is 0 Å². The second-order valence-electron chi connectivity index (χ2n) is 4.07. The van der Waals surface area contributed by atoms with E-state index in [1.807, 2.05) is 0 Å². The minimum absolute atomic E-state index is 0.155. The number of sulfonamides is 1. The number of rotatable bonds is 5. The molecule has 0 atom stereocenters. The highest BCUT2D eigenvalue weighted by Crippen LogP contribution is 2.13. The van der Waals surface area contributed by atoms with Crippen LogP contribution in [0.5, 0.6) is 0 Å². The Morgan fingerprint density at radius 1 is 1.32 bits per heavy atom. The van der Waals surface area contributed by atoms with Crippen LogP contribution in [0, 0.1) is 0 Å². The number of hydrogen-bond acceptors (Lipinski definition) is 3. The molecule has 19 heavy (non-hydrogen) atoms. The van der Waals surface area contributed by atoms with Gasteiger partial charge in [0.25, 0.3) is 0 Å². The molecule has 1 saturated heterocycles. The molecular weight excluding hydrogens is 290 g/mol. The van der Waals surface area contributed by atoms with Crippen LogP contribution in [0.4, 0.5) is 4.79 Å². The van der Waals surface area contributed by atoms with Crippen LogP contribution in [0.15, 0.2) is 29.2 Å². The molecule has 1 aromatic rings. The van der Waals surface area contributed by atoms with Crippen LogP contribution >= 0.6 is 11.6 Å². The first kappa shape index (κ1) is 14.1. The first-order valence-electron chi connectivity index (χ1n) is 5.77. The van der Waals surface area contributed by atoms with E-state index in [1.54, 1.807) is 4.90 Å². The summed E-state index contributed by atoms with van der Waals surface area (Å²) in [7, 11) is -3.55. The molecule has 104 valence electrons. The normalized spacial score (nSPS) is 15.6. The summed E-state index contributed by atoms with van der Waals surface area (Å²) in [6, 6.07) is 5.75. The Bertz CT molecular complexity index is 559. The number of halogens is 1. The predicted octanol–water partition coefficient (Wildman–Crippen LogP) is 0.644. The van der Waals surface area contributed by atoms with Gasteiger partial charge in [-0.05, 0) is 24.3 Å². The minimum Gasteiger partial charge on any atom is -0.336 e. The third-order valence-electron chi connectivity index (χ3n) is 2.74. The van der Waals surface area contributed by atoms with Crippen LogP contribution < -0.4 is 10.0 Å². The fourth-order valence-electron chi connectivity index (χ4n) is 1.74. The predicted molar refractivity (Wildman–Crippen MR) is 71.6 cm³/mol. The summed E-state index contributed by atoms with van der Waals surface area (Å²) in [4.78, 5) is 13.0. The molecule has 1 aliphatic rings. The van der Waals surface area contributed by atoms with E-state index in [0.717, 1.165) is 0 Å². The lowest BCUT2D eigenvalue weighted by Gasteiger charge is -2.14. The third-order valence-corrected chi connectivity index (χ3v) is 4.47. The molecule has 2 amide bonds. The van der Waals surface area contributed by atoms with Crippen molar-refractivity contribution in [1.29, 1.82) is 0 Å². The summed E-state index contributed by atoms with van der Waals surface area (Å²) < 4.78 is 26.3. The average Bonchev–Trinajstić information content (AvgIpc) is 2.75. The monoisotopic (exact) mass is 303 g/mol. The standard InChI is InChI=1S/C11H14ClN3O3S/c12-9-1-3-10(4-2-9)19(17,18)14-6-8-15-7-5-13-11(15)16/h1-4,14H,5-8H2,(H,13,16). The molecule has 0 spiro atoms. The Kier molecular flexibility index (Phi) is 4.28. The van der Waals surface area contributed by atoms with Gasteiger partial charge in [-0.2, -0.15) is 0 Å².